The molecule has 2 rings (SSSR count). The van der Waals surface area contributed by atoms with Gasteiger partial charge in [0.1, 0.15) is 17.8 Å². The molecule has 0 aliphatic carbocycles. The molecule has 0 aromatic rings. The summed E-state index contributed by atoms with van der Waals surface area (Å²) in [5.74, 6) is -0.747. The van der Waals surface area contributed by atoms with Crippen molar-refractivity contribution in [3.63, 3.8) is 0 Å². The van der Waals surface area contributed by atoms with E-state index >= 15 is 0 Å². The molecule has 2 aliphatic rings. The molecule has 2 heterocycles. The quantitative estimate of drug-likeness (QED) is 0.726. The Kier molecular flexibility index (Phi) is 4.92. The molecular formula is C11H18O5Y. The van der Waals surface area contributed by atoms with E-state index in [0.29, 0.717) is 0 Å². The van der Waals surface area contributed by atoms with E-state index in [4.69, 9.17) is 19.3 Å². The van der Waals surface area contributed by atoms with E-state index in [1.165, 1.54) is 6.08 Å². The molecule has 0 aromatic carbocycles. The predicted molar refractivity (Wildman–Crippen MR) is 55.5 cm³/mol. The number of fused-ring (bicyclic) bond motifs is 1. The second-order valence-electron chi connectivity index (χ2n) is 4.66. The predicted octanol–water partition coefficient (Wildman–Crippen LogP) is 0.160. The molecule has 2 N–H and O–H groups in total. The van der Waals surface area contributed by atoms with Gasteiger partial charge in [0, 0.05) is 45.7 Å². The summed E-state index contributed by atoms with van der Waals surface area (Å²) in [6.45, 7) is 7.08. The maximum Gasteiger partial charge on any atom is 0.191 e. The number of aliphatic hydroxyl groups excluding tert-OH is 2. The molecule has 0 aromatic heterocycles. The van der Waals surface area contributed by atoms with E-state index in [1.54, 1.807) is 13.8 Å². The Hall–Kier alpha value is 0.644. The van der Waals surface area contributed by atoms with Gasteiger partial charge in [0.2, 0.25) is 0 Å². The van der Waals surface area contributed by atoms with Gasteiger partial charge in [-0.05, 0) is 13.8 Å². The Morgan fingerprint density at radius 3 is 2.41 bits per heavy atom. The SMILES string of the molecule is C=C[C@]1(CCO)O[C@H]2OC(C)(C)OC2[C@H]1O.[Y]. The largest absolute Gasteiger partial charge is 0.396 e. The Morgan fingerprint density at radius 2 is 1.94 bits per heavy atom. The number of hydrogen-bond donors (Lipinski definition) is 2. The molecule has 0 spiro atoms. The van der Waals surface area contributed by atoms with Gasteiger partial charge in [-0.3, -0.25) is 0 Å². The molecule has 2 fully saturated rings. The van der Waals surface area contributed by atoms with Crippen molar-refractivity contribution in [2.75, 3.05) is 6.61 Å². The van der Waals surface area contributed by atoms with Crippen LogP contribution in [0.1, 0.15) is 20.3 Å². The maximum atomic E-state index is 10.2. The molecule has 4 atom stereocenters. The molecular weight excluding hydrogens is 301 g/mol. The second kappa shape index (κ2) is 5.33. The van der Waals surface area contributed by atoms with Crippen molar-refractivity contribution in [2.45, 2.75) is 50.2 Å². The van der Waals surface area contributed by atoms with Crippen LogP contribution in [0.15, 0.2) is 12.7 Å². The van der Waals surface area contributed by atoms with E-state index in [9.17, 15) is 5.11 Å². The van der Waals surface area contributed by atoms with Gasteiger partial charge >= 0.3 is 0 Å². The van der Waals surface area contributed by atoms with Gasteiger partial charge in [-0.2, -0.15) is 0 Å². The van der Waals surface area contributed by atoms with Gasteiger partial charge < -0.3 is 24.4 Å². The van der Waals surface area contributed by atoms with Gasteiger partial charge in [-0.1, -0.05) is 6.08 Å². The fourth-order valence-electron chi connectivity index (χ4n) is 2.28. The Balaban J connectivity index is 0.00000144. The fourth-order valence-corrected chi connectivity index (χ4v) is 2.28. The van der Waals surface area contributed by atoms with E-state index in [0.717, 1.165) is 0 Å². The van der Waals surface area contributed by atoms with Crippen LogP contribution < -0.4 is 0 Å². The zero-order chi connectivity index (χ0) is 12.0. The van der Waals surface area contributed by atoms with Gasteiger partial charge in [0.05, 0.1) is 0 Å². The molecule has 95 valence electrons. The third-order valence-corrected chi connectivity index (χ3v) is 3.08. The summed E-state index contributed by atoms with van der Waals surface area (Å²) in [7, 11) is 0. The first-order chi connectivity index (χ1) is 7.44. The van der Waals surface area contributed by atoms with E-state index in [-0.39, 0.29) is 45.7 Å². The molecule has 2 saturated heterocycles. The first-order valence-corrected chi connectivity index (χ1v) is 5.40. The summed E-state index contributed by atoms with van der Waals surface area (Å²) in [5, 5.41) is 19.1. The summed E-state index contributed by atoms with van der Waals surface area (Å²) in [6, 6.07) is 0. The van der Waals surface area contributed by atoms with Crippen LogP contribution >= 0.6 is 0 Å². The monoisotopic (exact) mass is 319 g/mol. The van der Waals surface area contributed by atoms with Crippen molar-refractivity contribution in [1.29, 1.82) is 0 Å². The Morgan fingerprint density at radius 1 is 1.29 bits per heavy atom. The van der Waals surface area contributed by atoms with E-state index in [1.807, 2.05) is 0 Å². The van der Waals surface area contributed by atoms with Crippen LogP contribution in [0.3, 0.4) is 0 Å². The number of ether oxygens (including phenoxy) is 3. The third-order valence-electron chi connectivity index (χ3n) is 3.08. The summed E-state index contributed by atoms with van der Waals surface area (Å²) in [4.78, 5) is 0. The van der Waals surface area contributed by atoms with Crippen LogP contribution in [0.4, 0.5) is 0 Å². The third kappa shape index (κ3) is 2.66. The maximum absolute atomic E-state index is 10.2. The Labute approximate surface area is 126 Å². The van der Waals surface area contributed by atoms with Crippen molar-refractivity contribution >= 4 is 0 Å². The zero-order valence-corrected chi connectivity index (χ0v) is 13.0. The zero-order valence-electron chi connectivity index (χ0n) is 10.1. The fraction of sp³-hybridized carbons (Fsp3) is 0.818. The van der Waals surface area contributed by atoms with E-state index in [2.05, 4.69) is 6.58 Å². The minimum absolute atomic E-state index is 0. The second-order valence-corrected chi connectivity index (χ2v) is 4.66. The van der Waals surface area contributed by atoms with Crippen LogP contribution in [0, 0.1) is 0 Å². The van der Waals surface area contributed by atoms with Crippen molar-refractivity contribution in [3.8, 4) is 0 Å². The first kappa shape index (κ1) is 15.7. The smallest absolute Gasteiger partial charge is 0.191 e. The summed E-state index contributed by atoms with van der Waals surface area (Å²) in [5.41, 5.74) is -0.972. The molecule has 0 amide bonds. The molecule has 0 saturated carbocycles. The first-order valence-electron chi connectivity index (χ1n) is 5.40. The number of rotatable bonds is 3. The molecule has 17 heavy (non-hydrogen) atoms. The van der Waals surface area contributed by atoms with Crippen molar-refractivity contribution < 1.29 is 57.1 Å². The average Bonchev–Trinajstić information content (AvgIpc) is 2.62. The minimum atomic E-state index is -0.972. The van der Waals surface area contributed by atoms with Crippen LogP contribution in [0.2, 0.25) is 0 Å². The molecule has 2 aliphatic heterocycles. The molecule has 5 nitrogen and oxygen atoms in total. The van der Waals surface area contributed by atoms with Crippen molar-refractivity contribution in [2.24, 2.45) is 0 Å². The molecule has 0 bridgehead atoms. The molecule has 1 unspecified atom stereocenters. The number of hydrogen-bond acceptors (Lipinski definition) is 5. The minimum Gasteiger partial charge on any atom is -0.396 e. The summed E-state index contributed by atoms with van der Waals surface area (Å²) < 4.78 is 16.7. The summed E-state index contributed by atoms with van der Waals surface area (Å²) in [6.07, 6.45) is -0.220. The van der Waals surface area contributed by atoms with Crippen LogP contribution in [-0.2, 0) is 46.9 Å². The molecule has 6 heteroatoms. The van der Waals surface area contributed by atoms with Gasteiger partial charge in [-0.25, -0.2) is 0 Å². The summed E-state index contributed by atoms with van der Waals surface area (Å²) >= 11 is 0. The van der Waals surface area contributed by atoms with Gasteiger partial charge in [0.25, 0.3) is 0 Å². The normalized spacial score (nSPS) is 42.9. The van der Waals surface area contributed by atoms with Crippen molar-refractivity contribution in [1.82, 2.24) is 0 Å². The average molecular weight is 319 g/mol. The van der Waals surface area contributed by atoms with Crippen LogP contribution in [0.5, 0.6) is 0 Å². The molecule has 1 radical (unpaired) electrons. The topological polar surface area (TPSA) is 68.2 Å². The van der Waals surface area contributed by atoms with Crippen LogP contribution in [-0.4, -0.2) is 46.7 Å². The number of aliphatic hydroxyl groups is 2. The van der Waals surface area contributed by atoms with Gasteiger partial charge in [-0.15, -0.1) is 6.58 Å². The van der Waals surface area contributed by atoms with Crippen LogP contribution in [0.25, 0.3) is 0 Å². The Bertz CT molecular complexity index is 296. The van der Waals surface area contributed by atoms with E-state index < -0.39 is 29.9 Å². The van der Waals surface area contributed by atoms with Crippen molar-refractivity contribution in [3.05, 3.63) is 12.7 Å². The van der Waals surface area contributed by atoms with Gasteiger partial charge in [0.15, 0.2) is 12.1 Å². The standard InChI is InChI=1S/C11H18O5.Y/c1-4-11(5-6-12)8(13)7-9(16-11)15-10(2,3)14-7;/h4,7-9,12-13H,1,5-6H2,2-3H3;/t7?,8-,9-,11-;/m1./s1.